The van der Waals surface area contributed by atoms with Gasteiger partial charge in [0.25, 0.3) is 0 Å². The molecule has 138 valence electrons. The van der Waals surface area contributed by atoms with E-state index in [1.165, 1.54) is 0 Å². The topological polar surface area (TPSA) is 62.9 Å². The highest BCUT2D eigenvalue weighted by atomic mass is 28.4. The molecule has 1 aliphatic rings. The zero-order chi connectivity index (χ0) is 18.1. The van der Waals surface area contributed by atoms with Crippen LogP contribution in [-0.2, 0) is 18.0 Å². The third-order valence-electron chi connectivity index (χ3n) is 3.33. The molecule has 4 atom stereocenters. The van der Waals surface area contributed by atoms with Crippen LogP contribution in [0.3, 0.4) is 0 Å². The van der Waals surface area contributed by atoms with Crippen LogP contribution in [0.2, 0.25) is 58.9 Å². The van der Waals surface area contributed by atoms with Crippen molar-refractivity contribution in [2.45, 2.75) is 77.4 Å². The molecule has 1 heterocycles. The Hall–Kier alpha value is 0.451. The molecule has 0 spiro atoms. The number of hydrogen-bond donors (Lipinski definition) is 1. The summed E-state index contributed by atoms with van der Waals surface area (Å²) in [5.74, 6) is 0.114. The molecule has 0 aromatic rings. The minimum absolute atomic E-state index is 0.00509. The Morgan fingerprint density at radius 1 is 0.826 bits per heavy atom. The molecule has 1 aliphatic heterocycles. The van der Waals surface area contributed by atoms with Crippen molar-refractivity contribution >= 4 is 25.0 Å². The maximum atomic E-state index is 6.45. The van der Waals surface area contributed by atoms with Gasteiger partial charge < -0.3 is 23.7 Å². The van der Waals surface area contributed by atoms with Crippen LogP contribution in [0.5, 0.6) is 0 Å². The van der Waals surface area contributed by atoms with Crippen LogP contribution < -0.4 is 5.73 Å². The molecule has 1 fully saturated rings. The highest BCUT2D eigenvalue weighted by Crippen LogP contribution is 2.31. The summed E-state index contributed by atoms with van der Waals surface area (Å²) in [7, 11) is -5.16. The summed E-state index contributed by atoms with van der Waals surface area (Å²) < 4.78 is 25.1. The minimum Gasteiger partial charge on any atom is -0.412 e. The second kappa shape index (κ2) is 7.77. The van der Waals surface area contributed by atoms with E-state index in [4.69, 9.17) is 23.7 Å². The Morgan fingerprint density at radius 3 is 1.70 bits per heavy atom. The lowest BCUT2D eigenvalue weighted by Crippen LogP contribution is -2.60. The average molecular weight is 380 g/mol. The normalized spacial score (nSPS) is 30.5. The van der Waals surface area contributed by atoms with E-state index >= 15 is 0 Å². The second-order valence-corrected chi connectivity index (χ2v) is 22.7. The van der Waals surface area contributed by atoms with Gasteiger partial charge in [0.05, 0.1) is 12.7 Å². The Kier molecular flexibility index (Phi) is 7.27. The van der Waals surface area contributed by atoms with Gasteiger partial charge in [-0.15, -0.1) is 0 Å². The number of nitrogens with two attached hydrogens (primary N) is 1. The van der Waals surface area contributed by atoms with Gasteiger partial charge >= 0.3 is 0 Å². The fraction of sp³-hybridized carbons (Fsp3) is 1.00. The largest absolute Gasteiger partial charge is 0.412 e. The zero-order valence-corrected chi connectivity index (χ0v) is 19.4. The molecule has 0 bridgehead atoms. The number of ether oxygens (including phenoxy) is 1. The van der Waals surface area contributed by atoms with E-state index in [0.717, 1.165) is 0 Å². The maximum absolute atomic E-state index is 6.45. The van der Waals surface area contributed by atoms with E-state index in [1.54, 1.807) is 0 Å². The lowest BCUT2D eigenvalue weighted by molar-refractivity contribution is -0.217. The van der Waals surface area contributed by atoms with Crippen LogP contribution in [0.15, 0.2) is 0 Å². The van der Waals surface area contributed by atoms with Gasteiger partial charge in [0.15, 0.2) is 31.2 Å². The molecule has 0 unspecified atom stereocenters. The molecule has 0 saturated carbocycles. The molecule has 23 heavy (non-hydrogen) atoms. The zero-order valence-electron chi connectivity index (χ0n) is 16.4. The highest BCUT2D eigenvalue weighted by Gasteiger charge is 2.45. The number of rotatable bonds is 7. The van der Waals surface area contributed by atoms with E-state index in [-0.39, 0.29) is 24.4 Å². The summed E-state index contributed by atoms with van der Waals surface area (Å²) in [6, 6.07) is 0. The molecule has 0 radical (unpaired) electrons. The first-order valence-corrected chi connectivity index (χ1v) is 18.8. The van der Waals surface area contributed by atoms with Crippen molar-refractivity contribution in [3.05, 3.63) is 0 Å². The van der Waals surface area contributed by atoms with E-state index in [2.05, 4.69) is 58.9 Å². The predicted octanol–water partition coefficient (Wildman–Crippen LogP) is 3.21. The number of hydrogen-bond acceptors (Lipinski definition) is 5. The monoisotopic (exact) mass is 379 g/mol. The Bertz CT molecular complexity index is 376. The standard InChI is InChI=1S/C15H37NO4Si3/c1-21(2,3)18-13-11-17-15(20-23(7,8)9)14(12(13)10-16)19-22(4,5)6/h12-15H,10-11,16H2,1-9H3/t12-,13-,14+,15-/m1/s1. The van der Waals surface area contributed by atoms with E-state index in [1.807, 2.05) is 0 Å². The third-order valence-corrected chi connectivity index (χ3v) is 6.26. The Morgan fingerprint density at radius 2 is 1.30 bits per heavy atom. The lowest BCUT2D eigenvalue weighted by atomic mass is 9.94. The first-order chi connectivity index (χ1) is 10.2. The smallest absolute Gasteiger partial charge is 0.187 e. The van der Waals surface area contributed by atoms with Gasteiger partial charge in [-0.2, -0.15) is 0 Å². The first kappa shape index (κ1) is 21.5. The molecular formula is C15H37NO4Si3. The van der Waals surface area contributed by atoms with Gasteiger partial charge in [0.1, 0.15) is 6.10 Å². The first-order valence-electron chi connectivity index (χ1n) is 8.57. The molecule has 0 aliphatic carbocycles. The quantitative estimate of drug-likeness (QED) is 0.688. The van der Waals surface area contributed by atoms with Gasteiger partial charge in [-0.3, -0.25) is 0 Å². The van der Waals surface area contributed by atoms with Crippen LogP contribution in [0.1, 0.15) is 0 Å². The molecule has 1 rings (SSSR count). The molecule has 2 N–H and O–H groups in total. The van der Waals surface area contributed by atoms with Gasteiger partial charge in [-0.1, -0.05) is 0 Å². The summed E-state index contributed by atoms with van der Waals surface area (Å²) >= 11 is 0. The van der Waals surface area contributed by atoms with Crippen molar-refractivity contribution < 1.29 is 18.0 Å². The summed E-state index contributed by atoms with van der Waals surface area (Å²) in [5, 5.41) is 0. The fourth-order valence-electron chi connectivity index (χ4n) is 2.68. The van der Waals surface area contributed by atoms with Gasteiger partial charge in [-0.05, 0) is 58.9 Å². The van der Waals surface area contributed by atoms with Crippen LogP contribution in [0.25, 0.3) is 0 Å². The third kappa shape index (κ3) is 7.91. The van der Waals surface area contributed by atoms with Gasteiger partial charge in [0.2, 0.25) is 0 Å². The van der Waals surface area contributed by atoms with Crippen molar-refractivity contribution in [1.82, 2.24) is 0 Å². The van der Waals surface area contributed by atoms with Gasteiger partial charge in [-0.25, -0.2) is 0 Å². The molecule has 0 aromatic carbocycles. The summed E-state index contributed by atoms with van der Waals surface area (Å²) in [5.41, 5.74) is 6.12. The summed E-state index contributed by atoms with van der Waals surface area (Å²) in [6.07, 6.45) is -0.480. The average Bonchev–Trinajstić information content (AvgIpc) is 2.27. The summed E-state index contributed by atoms with van der Waals surface area (Å²) in [4.78, 5) is 0. The fourth-order valence-corrected chi connectivity index (χ4v) is 5.84. The van der Waals surface area contributed by atoms with Gasteiger partial charge in [0, 0.05) is 12.5 Å². The SMILES string of the molecule is C[Si](C)(C)O[C@H]1OC[C@@H](O[Si](C)(C)C)[C@@H](CN)[C@@H]1O[Si](C)(C)C. The van der Waals surface area contributed by atoms with E-state index < -0.39 is 25.0 Å². The van der Waals surface area contributed by atoms with Crippen molar-refractivity contribution in [3.8, 4) is 0 Å². The maximum Gasteiger partial charge on any atom is 0.187 e. The lowest BCUT2D eigenvalue weighted by Gasteiger charge is -2.47. The minimum atomic E-state index is -1.75. The molecule has 8 heteroatoms. The van der Waals surface area contributed by atoms with Crippen LogP contribution in [0, 0.1) is 5.92 Å². The van der Waals surface area contributed by atoms with Crippen molar-refractivity contribution in [3.63, 3.8) is 0 Å². The summed E-state index contributed by atoms with van der Waals surface area (Å²) in [6.45, 7) is 20.7. The molecule has 0 aromatic heterocycles. The van der Waals surface area contributed by atoms with E-state index in [9.17, 15) is 0 Å². The van der Waals surface area contributed by atoms with Crippen molar-refractivity contribution in [2.75, 3.05) is 13.2 Å². The molecule has 1 saturated heterocycles. The molecule has 0 amide bonds. The van der Waals surface area contributed by atoms with Crippen LogP contribution in [0.4, 0.5) is 0 Å². The van der Waals surface area contributed by atoms with Crippen molar-refractivity contribution in [2.24, 2.45) is 11.7 Å². The van der Waals surface area contributed by atoms with Crippen LogP contribution in [-0.4, -0.2) is 56.6 Å². The van der Waals surface area contributed by atoms with Crippen LogP contribution >= 0.6 is 0 Å². The van der Waals surface area contributed by atoms with Crippen molar-refractivity contribution in [1.29, 1.82) is 0 Å². The predicted molar refractivity (Wildman–Crippen MR) is 103 cm³/mol. The Labute approximate surface area is 145 Å². The second-order valence-electron chi connectivity index (χ2n) is 9.30. The molecule has 5 nitrogen and oxygen atoms in total. The van der Waals surface area contributed by atoms with E-state index in [0.29, 0.717) is 13.2 Å². The Balaban J connectivity index is 3.00. The molecular weight excluding hydrogens is 342 g/mol. The highest BCUT2D eigenvalue weighted by molar-refractivity contribution is 6.70.